The summed E-state index contributed by atoms with van der Waals surface area (Å²) in [5, 5.41) is 2.41. The van der Waals surface area contributed by atoms with Crippen molar-refractivity contribution in [2.45, 2.75) is 64.3 Å². The van der Waals surface area contributed by atoms with E-state index in [9.17, 15) is 0 Å². The topological polar surface area (TPSA) is 24.3 Å². The number of rotatable bonds is 7. The Morgan fingerprint density at radius 1 is 0.485 bits per heavy atom. The molecule has 3 heterocycles. The molecule has 0 spiro atoms. The molecule has 0 fully saturated rings. The summed E-state index contributed by atoms with van der Waals surface area (Å²) in [5.41, 5.74) is 19.0. The second-order valence-electron chi connectivity index (χ2n) is 20.9. The molecule has 332 valence electrons. The molecule has 2 aromatic heterocycles. The van der Waals surface area contributed by atoms with Gasteiger partial charge >= 0.3 is 0 Å². The highest BCUT2D eigenvalue weighted by atomic mass is 15.4. The lowest BCUT2D eigenvalue weighted by molar-refractivity contribution is 0.587. The summed E-state index contributed by atoms with van der Waals surface area (Å²) in [6.45, 7) is 15.5. The molecule has 0 N–H and O–H groups in total. The Hall–Kier alpha value is -7.69. The van der Waals surface area contributed by atoms with E-state index in [1.165, 1.54) is 89.0 Å². The van der Waals surface area contributed by atoms with Crippen molar-refractivity contribution < 1.29 is 0 Å². The van der Waals surface area contributed by atoms with Crippen LogP contribution in [0.25, 0.3) is 49.9 Å². The van der Waals surface area contributed by atoms with E-state index >= 15 is 0 Å². The largest absolute Gasteiger partial charge is 0.347 e. The molecular formula is C64H56N4. The summed E-state index contributed by atoms with van der Waals surface area (Å²) in [6.07, 6.45) is 1.98. The predicted octanol–water partition coefficient (Wildman–Crippen LogP) is 15.9. The molecule has 4 heteroatoms. The van der Waals surface area contributed by atoms with Gasteiger partial charge in [0.05, 0.1) is 34.5 Å². The van der Waals surface area contributed by atoms with Gasteiger partial charge in [0.2, 0.25) is 0 Å². The fraction of sp³-hybridized carbons (Fsp3) is 0.172. The normalized spacial score (nSPS) is 14.1. The van der Waals surface area contributed by atoms with Crippen LogP contribution in [-0.2, 0) is 22.8 Å². The van der Waals surface area contributed by atoms with Crippen molar-refractivity contribution in [1.82, 2.24) is 9.55 Å². The second-order valence-corrected chi connectivity index (χ2v) is 20.9. The first-order valence-electron chi connectivity index (χ1n) is 24.1. The van der Waals surface area contributed by atoms with Gasteiger partial charge < -0.3 is 9.80 Å². The molecular weight excluding hydrogens is 825 g/mol. The number of aromatic nitrogens is 2. The van der Waals surface area contributed by atoms with E-state index < -0.39 is 5.41 Å². The minimum atomic E-state index is -0.655. The Bertz CT molecular complexity index is 3500. The van der Waals surface area contributed by atoms with E-state index in [0.717, 1.165) is 30.1 Å². The van der Waals surface area contributed by atoms with Crippen molar-refractivity contribution in [3.05, 3.63) is 245 Å². The van der Waals surface area contributed by atoms with Crippen LogP contribution < -0.4 is 9.80 Å². The zero-order chi connectivity index (χ0) is 46.4. The quantitative estimate of drug-likeness (QED) is 0.159. The molecule has 0 saturated carbocycles. The third kappa shape index (κ3) is 6.68. The maximum Gasteiger partial charge on any atom is 0.137 e. The van der Waals surface area contributed by atoms with Crippen molar-refractivity contribution in [3.63, 3.8) is 0 Å². The van der Waals surface area contributed by atoms with Crippen LogP contribution in [0.3, 0.4) is 0 Å². The molecule has 0 saturated heterocycles. The Labute approximate surface area is 400 Å². The number of fused-ring (bicyclic) bond motifs is 7. The molecule has 2 aliphatic rings. The molecule has 12 rings (SSSR count). The Kier molecular flexibility index (Phi) is 9.64. The molecule has 0 unspecified atom stereocenters. The van der Waals surface area contributed by atoms with Gasteiger partial charge in [-0.05, 0) is 127 Å². The number of benzene rings is 8. The Morgan fingerprint density at radius 3 is 1.84 bits per heavy atom. The first-order valence-corrected chi connectivity index (χ1v) is 24.1. The lowest BCUT2D eigenvalue weighted by Gasteiger charge is -2.36. The van der Waals surface area contributed by atoms with Crippen molar-refractivity contribution >= 4 is 38.9 Å². The van der Waals surface area contributed by atoms with Gasteiger partial charge in [0.1, 0.15) is 5.82 Å². The average Bonchev–Trinajstić information content (AvgIpc) is 4.00. The molecule has 0 amide bonds. The fourth-order valence-electron chi connectivity index (χ4n) is 11.2. The van der Waals surface area contributed by atoms with E-state index in [4.69, 9.17) is 4.98 Å². The minimum absolute atomic E-state index is 0.0480. The van der Waals surface area contributed by atoms with Crippen LogP contribution in [0.5, 0.6) is 0 Å². The highest BCUT2D eigenvalue weighted by molar-refractivity contribution is 6.11. The molecule has 68 heavy (non-hydrogen) atoms. The maximum absolute atomic E-state index is 5.15. The first-order chi connectivity index (χ1) is 33.0. The first kappa shape index (κ1) is 41.7. The smallest absolute Gasteiger partial charge is 0.137 e. The molecule has 8 aromatic carbocycles. The van der Waals surface area contributed by atoms with Crippen LogP contribution >= 0.6 is 0 Å². The van der Waals surface area contributed by atoms with Gasteiger partial charge in [0, 0.05) is 29.2 Å². The van der Waals surface area contributed by atoms with E-state index in [1.54, 1.807) is 0 Å². The van der Waals surface area contributed by atoms with Crippen molar-refractivity contribution in [2.24, 2.45) is 0 Å². The molecule has 10 aromatic rings. The number of hydrogen-bond donors (Lipinski definition) is 0. The average molecular weight is 881 g/mol. The molecule has 0 radical (unpaired) electrons. The fourth-order valence-corrected chi connectivity index (χ4v) is 11.2. The van der Waals surface area contributed by atoms with E-state index in [0.29, 0.717) is 0 Å². The lowest BCUT2D eigenvalue weighted by atomic mass is 9.66. The Morgan fingerprint density at radius 2 is 1.13 bits per heavy atom. The molecule has 4 nitrogen and oxygen atoms in total. The molecule has 0 bridgehead atoms. The van der Waals surface area contributed by atoms with Crippen molar-refractivity contribution in [2.75, 3.05) is 16.5 Å². The van der Waals surface area contributed by atoms with Gasteiger partial charge in [-0.1, -0.05) is 187 Å². The third-order valence-electron chi connectivity index (χ3n) is 14.7. The zero-order valence-electron chi connectivity index (χ0n) is 39.8. The van der Waals surface area contributed by atoms with Crippen LogP contribution in [-0.4, -0.2) is 16.2 Å². The van der Waals surface area contributed by atoms with E-state index in [-0.39, 0.29) is 10.8 Å². The van der Waals surface area contributed by atoms with Crippen LogP contribution in [0.2, 0.25) is 0 Å². The van der Waals surface area contributed by atoms with Gasteiger partial charge in [-0.3, -0.25) is 4.57 Å². The number of pyridine rings is 1. The highest BCUT2D eigenvalue weighted by Gasteiger charge is 2.47. The third-order valence-corrected chi connectivity index (χ3v) is 14.7. The summed E-state index contributed by atoms with van der Waals surface area (Å²) in [4.78, 5) is 10.2. The van der Waals surface area contributed by atoms with Gasteiger partial charge in [-0.25, -0.2) is 4.98 Å². The molecule has 1 aliphatic carbocycles. The summed E-state index contributed by atoms with van der Waals surface area (Å²) < 4.78 is 2.41. The van der Waals surface area contributed by atoms with Gasteiger partial charge in [-0.2, -0.15) is 0 Å². The number of nitrogens with zero attached hydrogens (tertiary/aromatic N) is 4. The summed E-state index contributed by atoms with van der Waals surface area (Å²) in [7, 11) is 0. The zero-order valence-corrected chi connectivity index (χ0v) is 39.8. The standard InChI is InChI=1S/C64H56N4/c1-62(2,3)46-33-34-65-61(40-46)68-57-32-29-45(44-21-11-8-12-22-44)35-54(57)53-31-30-47(39-60(53)68)64(55-25-15-13-23-51(55)52-24-14-16-26-56(52)64)49-36-48(63(4,5)6)37-50(38-49)67-42-66(41-43-19-9-7-10-20-43)58-27-17-18-28-59(58)67/h7-40H,41-42H2,1-6H3. The van der Waals surface area contributed by atoms with Crippen LogP contribution in [0.15, 0.2) is 206 Å². The van der Waals surface area contributed by atoms with E-state index in [1.807, 2.05) is 6.20 Å². The summed E-state index contributed by atoms with van der Waals surface area (Å²) in [5.74, 6) is 0.924. The van der Waals surface area contributed by atoms with Crippen LogP contribution in [0, 0.1) is 0 Å². The van der Waals surface area contributed by atoms with E-state index in [2.05, 4.69) is 256 Å². The summed E-state index contributed by atoms with van der Waals surface area (Å²) in [6, 6.07) is 75.0. The minimum Gasteiger partial charge on any atom is -0.347 e. The SMILES string of the molecule is CC(C)(C)c1cc(N2CN(Cc3ccccc3)c3ccccc32)cc(C2(c3ccc4c5cc(-c6ccccc6)ccc5n(-c5cc(C(C)(C)C)ccn5)c4c3)c3ccccc3-c3ccccc32)c1. The van der Waals surface area contributed by atoms with Gasteiger partial charge in [0.25, 0.3) is 0 Å². The van der Waals surface area contributed by atoms with Crippen LogP contribution in [0.1, 0.15) is 80.5 Å². The second kappa shape index (κ2) is 15.7. The molecule has 0 atom stereocenters. The lowest BCUT2D eigenvalue weighted by Crippen LogP contribution is -2.31. The van der Waals surface area contributed by atoms with Crippen molar-refractivity contribution in [3.8, 4) is 28.1 Å². The van der Waals surface area contributed by atoms with Crippen molar-refractivity contribution in [1.29, 1.82) is 0 Å². The monoisotopic (exact) mass is 880 g/mol. The molecule has 1 aliphatic heterocycles. The summed E-state index contributed by atoms with van der Waals surface area (Å²) >= 11 is 0. The van der Waals surface area contributed by atoms with Crippen LogP contribution in [0.4, 0.5) is 17.1 Å². The highest BCUT2D eigenvalue weighted by Crippen LogP contribution is 2.58. The predicted molar refractivity (Wildman–Crippen MR) is 285 cm³/mol. The number of anilines is 3. The van der Waals surface area contributed by atoms with Gasteiger partial charge in [-0.15, -0.1) is 0 Å². The Balaban J connectivity index is 1.14. The maximum atomic E-state index is 5.15. The number of para-hydroxylation sites is 2. The van der Waals surface area contributed by atoms with Gasteiger partial charge in [0.15, 0.2) is 0 Å². The number of hydrogen-bond acceptors (Lipinski definition) is 3.